The zero-order chi connectivity index (χ0) is 11.0. The Morgan fingerprint density at radius 3 is 2.64 bits per heavy atom. The molecule has 0 rings (SSSR count). The fraction of sp³-hybridized carbons (Fsp3) is 0.750. The molecule has 0 unspecified atom stereocenters. The average molecular weight is 220 g/mol. The van der Waals surface area contributed by atoms with Gasteiger partial charge in [-0.1, -0.05) is 0 Å². The molecule has 0 saturated heterocycles. The van der Waals surface area contributed by atoms with Crippen LogP contribution in [0.4, 0.5) is 0 Å². The summed E-state index contributed by atoms with van der Waals surface area (Å²) in [7, 11) is 1.61. The van der Waals surface area contributed by atoms with Gasteiger partial charge in [-0.3, -0.25) is 9.59 Å². The van der Waals surface area contributed by atoms with Gasteiger partial charge in [0.2, 0.25) is 5.91 Å². The van der Waals surface area contributed by atoms with Crippen molar-refractivity contribution < 1.29 is 14.7 Å². The van der Waals surface area contributed by atoms with Crippen LogP contribution >= 0.6 is 11.8 Å². The predicted octanol–water partition coefficient (Wildman–Crippen LogP) is -0.389. The summed E-state index contributed by atoms with van der Waals surface area (Å²) < 4.78 is 0. The van der Waals surface area contributed by atoms with Crippen LogP contribution < -0.4 is 5.73 Å². The maximum Gasteiger partial charge on any atom is 0.305 e. The predicted molar refractivity (Wildman–Crippen MR) is 56.3 cm³/mol. The highest BCUT2D eigenvalue weighted by molar-refractivity contribution is 7.99. The summed E-state index contributed by atoms with van der Waals surface area (Å²) in [5.41, 5.74) is 5.27. The minimum atomic E-state index is -0.890. The molecule has 5 nitrogen and oxygen atoms in total. The van der Waals surface area contributed by atoms with Gasteiger partial charge in [0.15, 0.2) is 0 Å². The van der Waals surface area contributed by atoms with E-state index in [9.17, 15) is 9.59 Å². The number of carbonyl (C=O) groups is 2. The molecule has 0 aliphatic heterocycles. The van der Waals surface area contributed by atoms with Crippen LogP contribution in [0.15, 0.2) is 0 Å². The van der Waals surface area contributed by atoms with E-state index in [4.69, 9.17) is 10.8 Å². The Morgan fingerprint density at radius 2 is 2.14 bits per heavy atom. The standard InChI is InChI=1S/C8H16N2O3S/c1-10(4-2-8(12)13)7(11)6-14-5-3-9/h2-6,9H2,1H3,(H,12,13). The first-order valence-corrected chi connectivity index (χ1v) is 5.47. The number of nitrogens with two attached hydrogens (primary N) is 1. The molecule has 0 aromatic rings. The number of thioether (sulfide) groups is 1. The maximum absolute atomic E-state index is 11.3. The highest BCUT2D eigenvalue weighted by Crippen LogP contribution is 2.00. The third kappa shape index (κ3) is 6.73. The van der Waals surface area contributed by atoms with E-state index in [1.165, 1.54) is 16.7 Å². The van der Waals surface area contributed by atoms with Crippen molar-refractivity contribution in [2.24, 2.45) is 5.73 Å². The van der Waals surface area contributed by atoms with E-state index in [0.717, 1.165) is 5.75 Å². The lowest BCUT2D eigenvalue weighted by molar-refractivity contribution is -0.137. The Hall–Kier alpha value is -0.750. The zero-order valence-electron chi connectivity index (χ0n) is 8.23. The molecule has 6 heteroatoms. The molecule has 0 saturated carbocycles. The summed E-state index contributed by atoms with van der Waals surface area (Å²) in [6.45, 7) is 0.814. The van der Waals surface area contributed by atoms with E-state index < -0.39 is 5.97 Å². The van der Waals surface area contributed by atoms with Crippen molar-refractivity contribution in [1.82, 2.24) is 4.90 Å². The van der Waals surface area contributed by atoms with Gasteiger partial charge in [0.25, 0.3) is 0 Å². The van der Waals surface area contributed by atoms with Gasteiger partial charge in [0.1, 0.15) is 0 Å². The van der Waals surface area contributed by atoms with Crippen LogP contribution in [-0.2, 0) is 9.59 Å². The monoisotopic (exact) mass is 220 g/mol. The number of carboxylic acids is 1. The average Bonchev–Trinajstić information content (AvgIpc) is 2.14. The summed E-state index contributed by atoms with van der Waals surface area (Å²) in [6.07, 6.45) is -0.0101. The normalized spacial score (nSPS) is 9.86. The quantitative estimate of drug-likeness (QED) is 0.571. The first-order chi connectivity index (χ1) is 6.57. The maximum atomic E-state index is 11.3. The summed E-state index contributed by atoms with van der Waals surface area (Å²) in [6, 6.07) is 0. The minimum absolute atomic E-state index is 0.0101. The SMILES string of the molecule is CN(CCC(=O)O)C(=O)CSCCN. The molecule has 82 valence electrons. The fourth-order valence-electron chi connectivity index (χ4n) is 0.741. The van der Waals surface area contributed by atoms with Crippen LogP contribution in [0, 0.1) is 0 Å². The largest absolute Gasteiger partial charge is 0.481 e. The lowest BCUT2D eigenvalue weighted by Crippen LogP contribution is -2.30. The zero-order valence-corrected chi connectivity index (χ0v) is 9.05. The Kier molecular flexibility index (Phi) is 7.23. The second-order valence-electron chi connectivity index (χ2n) is 2.80. The van der Waals surface area contributed by atoms with Gasteiger partial charge < -0.3 is 15.7 Å². The van der Waals surface area contributed by atoms with E-state index in [0.29, 0.717) is 12.3 Å². The van der Waals surface area contributed by atoms with Crippen molar-refractivity contribution in [3.8, 4) is 0 Å². The topological polar surface area (TPSA) is 83.6 Å². The number of hydrogen-bond donors (Lipinski definition) is 2. The molecule has 0 spiro atoms. The molecule has 0 aromatic heterocycles. The first kappa shape index (κ1) is 13.2. The van der Waals surface area contributed by atoms with Crippen LogP contribution in [0.5, 0.6) is 0 Å². The molecule has 0 aliphatic carbocycles. The van der Waals surface area contributed by atoms with Gasteiger partial charge >= 0.3 is 5.97 Å². The van der Waals surface area contributed by atoms with Crippen molar-refractivity contribution in [3.05, 3.63) is 0 Å². The van der Waals surface area contributed by atoms with E-state index in [2.05, 4.69) is 0 Å². The lowest BCUT2D eigenvalue weighted by atomic mass is 10.4. The van der Waals surface area contributed by atoms with Gasteiger partial charge in [0, 0.05) is 25.9 Å². The van der Waals surface area contributed by atoms with Crippen molar-refractivity contribution in [1.29, 1.82) is 0 Å². The number of rotatable bonds is 7. The van der Waals surface area contributed by atoms with E-state index in [1.54, 1.807) is 7.05 Å². The second-order valence-corrected chi connectivity index (χ2v) is 3.91. The van der Waals surface area contributed by atoms with Crippen molar-refractivity contribution in [2.75, 3.05) is 31.6 Å². The molecular weight excluding hydrogens is 204 g/mol. The van der Waals surface area contributed by atoms with E-state index in [1.807, 2.05) is 0 Å². The van der Waals surface area contributed by atoms with E-state index >= 15 is 0 Å². The third-order valence-electron chi connectivity index (χ3n) is 1.57. The summed E-state index contributed by atoms with van der Waals surface area (Å²) in [4.78, 5) is 23.0. The van der Waals surface area contributed by atoms with Crippen LogP contribution in [0.3, 0.4) is 0 Å². The Morgan fingerprint density at radius 1 is 1.50 bits per heavy atom. The number of carbonyl (C=O) groups excluding carboxylic acids is 1. The Bertz CT molecular complexity index is 199. The first-order valence-electron chi connectivity index (χ1n) is 4.31. The molecule has 0 atom stereocenters. The van der Waals surface area contributed by atoms with Gasteiger partial charge in [0.05, 0.1) is 12.2 Å². The highest BCUT2D eigenvalue weighted by Gasteiger charge is 2.09. The lowest BCUT2D eigenvalue weighted by Gasteiger charge is -2.15. The smallest absolute Gasteiger partial charge is 0.305 e. The summed E-state index contributed by atoms with van der Waals surface area (Å²) >= 11 is 1.46. The third-order valence-corrected chi connectivity index (χ3v) is 2.55. The minimum Gasteiger partial charge on any atom is -0.481 e. The van der Waals surface area contributed by atoms with E-state index in [-0.39, 0.29) is 18.9 Å². The molecule has 0 aliphatic rings. The molecule has 0 aromatic carbocycles. The van der Waals surface area contributed by atoms with Crippen molar-refractivity contribution in [3.63, 3.8) is 0 Å². The van der Waals surface area contributed by atoms with Crippen LogP contribution in [0.2, 0.25) is 0 Å². The van der Waals surface area contributed by atoms with Crippen LogP contribution in [0.25, 0.3) is 0 Å². The van der Waals surface area contributed by atoms with Gasteiger partial charge in [-0.05, 0) is 0 Å². The molecule has 0 bridgehead atoms. The number of nitrogens with zero attached hydrogens (tertiary/aromatic N) is 1. The van der Waals surface area contributed by atoms with Gasteiger partial charge in [-0.15, -0.1) is 0 Å². The Balaban J connectivity index is 3.59. The van der Waals surface area contributed by atoms with Crippen molar-refractivity contribution >= 4 is 23.6 Å². The highest BCUT2D eigenvalue weighted by atomic mass is 32.2. The molecule has 0 radical (unpaired) electrons. The molecule has 1 amide bonds. The molecule has 14 heavy (non-hydrogen) atoms. The molecule has 3 N–H and O–H groups in total. The summed E-state index contributed by atoms with van der Waals surface area (Å²) in [5, 5.41) is 8.40. The fourth-order valence-corrected chi connectivity index (χ4v) is 1.45. The van der Waals surface area contributed by atoms with Crippen LogP contribution in [0.1, 0.15) is 6.42 Å². The summed E-state index contributed by atoms with van der Waals surface area (Å²) in [5.74, 6) is 0.176. The molecular formula is C8H16N2O3S. The number of aliphatic carboxylic acids is 1. The van der Waals surface area contributed by atoms with Crippen molar-refractivity contribution in [2.45, 2.75) is 6.42 Å². The Labute approximate surface area is 87.6 Å². The number of carboxylic acid groups (broad SMARTS) is 1. The van der Waals surface area contributed by atoms with Gasteiger partial charge in [-0.25, -0.2) is 0 Å². The van der Waals surface area contributed by atoms with Gasteiger partial charge in [-0.2, -0.15) is 11.8 Å². The molecule has 0 heterocycles. The number of amides is 1. The number of hydrogen-bond acceptors (Lipinski definition) is 4. The molecule has 0 fully saturated rings. The van der Waals surface area contributed by atoms with Crippen LogP contribution in [-0.4, -0.2) is 53.5 Å². The second kappa shape index (κ2) is 7.64.